The minimum absolute atomic E-state index is 0.180. The van der Waals surface area contributed by atoms with Crippen molar-refractivity contribution in [1.29, 1.82) is 0 Å². The molecule has 0 saturated carbocycles. The van der Waals surface area contributed by atoms with Crippen LogP contribution in [0.3, 0.4) is 0 Å². The Balaban J connectivity index is 1.40. The number of likely N-dealkylation sites (tertiary alicyclic amines) is 2. The Labute approximate surface area is 165 Å². The van der Waals surface area contributed by atoms with Gasteiger partial charge in [0, 0.05) is 30.2 Å². The van der Waals surface area contributed by atoms with Gasteiger partial charge < -0.3 is 15.7 Å². The maximum Gasteiger partial charge on any atom is 0.135 e. The van der Waals surface area contributed by atoms with Gasteiger partial charge in [0.2, 0.25) is 0 Å². The lowest BCUT2D eigenvalue weighted by Gasteiger charge is -2.46. The molecule has 7 heteroatoms. The molecule has 1 aromatic carbocycles. The molecular formula is C20H28ClN5O. The predicted octanol–water partition coefficient (Wildman–Crippen LogP) is 2.77. The van der Waals surface area contributed by atoms with Crippen LogP contribution in [-0.2, 0) is 0 Å². The van der Waals surface area contributed by atoms with E-state index in [0.717, 1.165) is 50.3 Å². The minimum Gasteiger partial charge on any atom is -0.387 e. The second kappa shape index (κ2) is 8.17. The largest absolute Gasteiger partial charge is 0.387 e. The summed E-state index contributed by atoms with van der Waals surface area (Å²) in [7, 11) is 0. The van der Waals surface area contributed by atoms with Gasteiger partial charge in [-0.3, -0.25) is 4.90 Å². The van der Waals surface area contributed by atoms with Gasteiger partial charge in [-0.2, -0.15) is 0 Å². The van der Waals surface area contributed by atoms with Gasteiger partial charge in [0.05, 0.1) is 12.5 Å². The number of rotatable bonds is 3. The molecule has 0 amide bonds. The van der Waals surface area contributed by atoms with Crippen molar-refractivity contribution in [2.24, 2.45) is 15.9 Å². The molecule has 2 unspecified atom stereocenters. The zero-order valence-electron chi connectivity index (χ0n) is 15.6. The first-order valence-corrected chi connectivity index (χ1v) is 10.3. The van der Waals surface area contributed by atoms with Crippen LogP contribution < -0.4 is 5.73 Å². The third kappa shape index (κ3) is 4.13. The number of benzene rings is 1. The van der Waals surface area contributed by atoms with E-state index in [9.17, 15) is 5.11 Å². The average Bonchev–Trinajstić information content (AvgIpc) is 3.14. The first-order chi connectivity index (χ1) is 13.1. The summed E-state index contributed by atoms with van der Waals surface area (Å²) in [4.78, 5) is 4.87. The lowest BCUT2D eigenvalue weighted by molar-refractivity contribution is -0.0128. The molecule has 3 heterocycles. The number of hydrogen-bond acceptors (Lipinski definition) is 6. The molecular weight excluding hydrogens is 362 g/mol. The van der Waals surface area contributed by atoms with E-state index in [0.29, 0.717) is 23.3 Å². The van der Waals surface area contributed by atoms with E-state index in [1.807, 2.05) is 24.3 Å². The molecule has 4 rings (SSSR count). The van der Waals surface area contributed by atoms with Crippen molar-refractivity contribution in [1.82, 2.24) is 9.80 Å². The van der Waals surface area contributed by atoms with Crippen LogP contribution in [0.1, 0.15) is 50.2 Å². The van der Waals surface area contributed by atoms with E-state index in [2.05, 4.69) is 20.0 Å². The molecule has 3 aliphatic heterocycles. The monoisotopic (exact) mass is 389 g/mol. The zero-order chi connectivity index (χ0) is 18.8. The SMILES string of the molecule is NC1=NN=C(N2CCC(N3CCCCC3C(O)c3ccc(Cl)cc3)CC2)C1. The number of nitrogens with two attached hydrogens (primary N) is 1. The molecule has 0 bridgehead atoms. The minimum atomic E-state index is -0.465. The van der Waals surface area contributed by atoms with Crippen molar-refractivity contribution in [3.05, 3.63) is 34.9 Å². The summed E-state index contributed by atoms with van der Waals surface area (Å²) in [6, 6.07) is 8.31. The van der Waals surface area contributed by atoms with Gasteiger partial charge in [-0.05, 0) is 49.9 Å². The predicted molar refractivity (Wildman–Crippen MR) is 109 cm³/mol. The Morgan fingerprint density at radius 2 is 1.78 bits per heavy atom. The fourth-order valence-electron chi connectivity index (χ4n) is 4.64. The van der Waals surface area contributed by atoms with Crippen LogP contribution in [0, 0.1) is 0 Å². The summed E-state index contributed by atoms with van der Waals surface area (Å²) >= 11 is 6.01. The summed E-state index contributed by atoms with van der Waals surface area (Å²) in [6.07, 6.45) is 5.81. The molecule has 1 aromatic rings. The fourth-order valence-corrected chi connectivity index (χ4v) is 4.77. The van der Waals surface area contributed by atoms with Crippen molar-refractivity contribution in [2.75, 3.05) is 19.6 Å². The van der Waals surface area contributed by atoms with E-state index in [4.69, 9.17) is 17.3 Å². The lowest BCUT2D eigenvalue weighted by atomic mass is 9.89. The molecule has 3 N–H and O–H groups in total. The lowest BCUT2D eigenvalue weighted by Crippen LogP contribution is -2.53. The van der Waals surface area contributed by atoms with Crippen molar-refractivity contribution in [3.63, 3.8) is 0 Å². The molecule has 2 saturated heterocycles. The molecule has 2 fully saturated rings. The highest BCUT2D eigenvalue weighted by molar-refractivity contribution is 6.30. The number of hydrogen-bond donors (Lipinski definition) is 2. The molecule has 2 atom stereocenters. The van der Waals surface area contributed by atoms with Crippen LogP contribution in [0.5, 0.6) is 0 Å². The third-order valence-electron chi connectivity index (χ3n) is 6.10. The van der Waals surface area contributed by atoms with Gasteiger partial charge >= 0.3 is 0 Å². The number of aliphatic hydroxyl groups is 1. The van der Waals surface area contributed by atoms with E-state index in [-0.39, 0.29) is 6.04 Å². The van der Waals surface area contributed by atoms with Crippen molar-refractivity contribution in [2.45, 2.75) is 56.7 Å². The van der Waals surface area contributed by atoms with Crippen LogP contribution in [0.4, 0.5) is 0 Å². The first-order valence-electron chi connectivity index (χ1n) is 9.95. The van der Waals surface area contributed by atoms with Crippen LogP contribution in [0.15, 0.2) is 34.5 Å². The van der Waals surface area contributed by atoms with Crippen molar-refractivity contribution >= 4 is 23.3 Å². The number of amidine groups is 2. The Hall–Kier alpha value is -1.63. The number of piperidine rings is 2. The fraction of sp³-hybridized carbons (Fsp3) is 0.600. The maximum absolute atomic E-state index is 11.0. The normalized spacial score (nSPS) is 26.0. The van der Waals surface area contributed by atoms with Gasteiger partial charge in [-0.1, -0.05) is 30.2 Å². The highest BCUT2D eigenvalue weighted by Gasteiger charge is 2.36. The maximum atomic E-state index is 11.0. The summed E-state index contributed by atoms with van der Waals surface area (Å²) in [5, 5.41) is 19.9. The Morgan fingerprint density at radius 3 is 2.44 bits per heavy atom. The average molecular weight is 390 g/mol. The summed E-state index contributed by atoms with van der Waals surface area (Å²) in [5.41, 5.74) is 6.72. The molecule has 0 aliphatic carbocycles. The van der Waals surface area contributed by atoms with E-state index < -0.39 is 6.10 Å². The quantitative estimate of drug-likeness (QED) is 0.833. The molecule has 146 valence electrons. The standard InChI is InChI=1S/C20H28ClN5O/c21-15-6-4-14(5-7-15)20(27)17-3-1-2-10-26(17)16-8-11-25(12-9-16)19-13-18(22)23-24-19/h4-7,16-17,20,27H,1-3,8-13H2,(H2,22,23). The van der Waals surface area contributed by atoms with Gasteiger partial charge in [-0.25, -0.2) is 0 Å². The van der Waals surface area contributed by atoms with E-state index >= 15 is 0 Å². The number of aliphatic hydroxyl groups excluding tert-OH is 1. The number of nitrogens with zero attached hydrogens (tertiary/aromatic N) is 4. The highest BCUT2D eigenvalue weighted by Crippen LogP contribution is 2.33. The Kier molecular flexibility index (Phi) is 5.66. The van der Waals surface area contributed by atoms with Gasteiger partial charge in [0.25, 0.3) is 0 Å². The molecule has 0 spiro atoms. The smallest absolute Gasteiger partial charge is 0.135 e. The molecule has 27 heavy (non-hydrogen) atoms. The Bertz CT molecular complexity index is 712. The van der Waals surface area contributed by atoms with Crippen LogP contribution in [0.2, 0.25) is 5.02 Å². The zero-order valence-corrected chi connectivity index (χ0v) is 16.4. The van der Waals surface area contributed by atoms with Gasteiger partial charge in [-0.15, -0.1) is 10.2 Å². The van der Waals surface area contributed by atoms with Gasteiger partial charge in [0.15, 0.2) is 0 Å². The van der Waals surface area contributed by atoms with Crippen molar-refractivity contribution < 1.29 is 5.11 Å². The topological polar surface area (TPSA) is 77.5 Å². The first kappa shape index (κ1) is 18.7. The van der Waals surface area contributed by atoms with Crippen LogP contribution in [0.25, 0.3) is 0 Å². The van der Waals surface area contributed by atoms with Crippen LogP contribution in [-0.4, -0.2) is 58.3 Å². The van der Waals surface area contributed by atoms with Gasteiger partial charge in [0.1, 0.15) is 11.7 Å². The van der Waals surface area contributed by atoms with E-state index in [1.165, 1.54) is 12.8 Å². The van der Waals surface area contributed by atoms with Crippen LogP contribution >= 0.6 is 11.6 Å². The molecule has 6 nitrogen and oxygen atoms in total. The molecule has 0 radical (unpaired) electrons. The molecule has 3 aliphatic rings. The highest BCUT2D eigenvalue weighted by atomic mass is 35.5. The summed E-state index contributed by atoms with van der Waals surface area (Å²) in [5.74, 6) is 1.61. The van der Waals surface area contributed by atoms with Crippen molar-refractivity contribution in [3.8, 4) is 0 Å². The third-order valence-corrected chi connectivity index (χ3v) is 6.35. The second-order valence-electron chi connectivity index (χ2n) is 7.80. The summed E-state index contributed by atoms with van der Waals surface area (Å²) in [6.45, 7) is 3.02. The summed E-state index contributed by atoms with van der Waals surface area (Å²) < 4.78 is 0. The molecule has 0 aromatic heterocycles. The number of halogens is 1. The van der Waals surface area contributed by atoms with E-state index in [1.54, 1.807) is 0 Å². The Morgan fingerprint density at radius 1 is 1.04 bits per heavy atom. The second-order valence-corrected chi connectivity index (χ2v) is 8.24.